The van der Waals surface area contributed by atoms with Crippen LogP contribution in [-0.4, -0.2) is 28.7 Å². The summed E-state index contributed by atoms with van der Waals surface area (Å²) >= 11 is 0. The van der Waals surface area contributed by atoms with Gasteiger partial charge in [0.2, 0.25) is 5.62 Å². The summed E-state index contributed by atoms with van der Waals surface area (Å²) in [5.41, 5.74) is 1.11. The van der Waals surface area contributed by atoms with Gasteiger partial charge >= 0.3 is 6.18 Å². The highest BCUT2D eigenvalue weighted by Crippen LogP contribution is 2.33. The van der Waals surface area contributed by atoms with E-state index < -0.39 is 34.9 Å². The molecule has 2 aromatic carbocycles. The predicted molar refractivity (Wildman–Crippen MR) is 135 cm³/mol. The minimum atomic E-state index is -4.76. The van der Waals surface area contributed by atoms with Crippen LogP contribution in [0.3, 0.4) is 0 Å². The third-order valence-corrected chi connectivity index (χ3v) is 6.60. The van der Waals surface area contributed by atoms with Crippen molar-refractivity contribution in [2.24, 2.45) is 14.1 Å². The molecular weight excluding hydrogens is 517 g/mol. The van der Waals surface area contributed by atoms with E-state index in [4.69, 9.17) is 10.4 Å². The molecular formula is C27H24F5N7. The zero-order valence-corrected chi connectivity index (χ0v) is 21.5. The van der Waals surface area contributed by atoms with Crippen molar-refractivity contribution < 1.29 is 22.0 Å². The van der Waals surface area contributed by atoms with Crippen molar-refractivity contribution in [2.45, 2.75) is 32.5 Å². The second-order valence-electron chi connectivity index (χ2n) is 9.61. The van der Waals surface area contributed by atoms with E-state index in [1.54, 1.807) is 17.8 Å². The number of aryl methyl sites for hydroxylation is 2. The number of fused-ring (bicyclic) bond motifs is 1. The maximum absolute atomic E-state index is 15.1. The van der Waals surface area contributed by atoms with E-state index in [1.807, 2.05) is 24.3 Å². The Balaban J connectivity index is 1.58. The van der Waals surface area contributed by atoms with Crippen LogP contribution in [0.2, 0.25) is 0 Å². The van der Waals surface area contributed by atoms with Crippen LogP contribution in [0.1, 0.15) is 36.6 Å². The fraction of sp³-hybridized carbons (Fsp3) is 0.259. The molecule has 0 spiro atoms. The maximum Gasteiger partial charge on any atom is 0.434 e. The van der Waals surface area contributed by atoms with Crippen molar-refractivity contribution in [1.29, 1.82) is 5.41 Å². The molecule has 0 aliphatic carbocycles. The Morgan fingerprint density at radius 2 is 1.67 bits per heavy atom. The van der Waals surface area contributed by atoms with Gasteiger partial charge in [0, 0.05) is 25.9 Å². The highest BCUT2D eigenvalue weighted by atomic mass is 19.4. The van der Waals surface area contributed by atoms with Crippen molar-refractivity contribution in [3.8, 4) is 22.8 Å². The van der Waals surface area contributed by atoms with Crippen LogP contribution in [0.5, 0.6) is 0 Å². The van der Waals surface area contributed by atoms with E-state index in [1.165, 1.54) is 11.6 Å². The number of benzene rings is 2. The summed E-state index contributed by atoms with van der Waals surface area (Å²) in [6, 6.07) is 9.79. The molecule has 0 fully saturated rings. The number of halogens is 5. The molecule has 0 unspecified atom stereocenters. The molecule has 0 radical (unpaired) electrons. The van der Waals surface area contributed by atoms with Crippen LogP contribution in [0.15, 0.2) is 48.8 Å². The zero-order valence-electron chi connectivity index (χ0n) is 21.5. The first-order valence-corrected chi connectivity index (χ1v) is 12.0. The zero-order chi connectivity index (χ0) is 28.2. The van der Waals surface area contributed by atoms with Gasteiger partial charge in [0.25, 0.3) is 0 Å². The molecule has 7 nitrogen and oxygen atoms in total. The van der Waals surface area contributed by atoms with Crippen molar-refractivity contribution in [1.82, 2.24) is 28.7 Å². The summed E-state index contributed by atoms with van der Waals surface area (Å²) in [6.45, 7) is 4.01. The lowest BCUT2D eigenvalue weighted by Crippen LogP contribution is -2.23. The third-order valence-electron chi connectivity index (χ3n) is 6.60. The molecule has 3 heterocycles. The lowest BCUT2D eigenvalue weighted by molar-refractivity contribution is -0.140. The predicted octanol–water partition coefficient (Wildman–Crippen LogP) is 5.79. The monoisotopic (exact) mass is 541 g/mol. The highest BCUT2D eigenvalue weighted by molar-refractivity contribution is 5.74. The fourth-order valence-electron chi connectivity index (χ4n) is 4.63. The van der Waals surface area contributed by atoms with Crippen molar-refractivity contribution in [2.75, 3.05) is 0 Å². The third kappa shape index (κ3) is 4.59. The van der Waals surface area contributed by atoms with E-state index in [0.29, 0.717) is 23.2 Å². The van der Waals surface area contributed by atoms with E-state index in [9.17, 15) is 13.2 Å². The van der Waals surface area contributed by atoms with Gasteiger partial charge in [0.15, 0.2) is 17.2 Å². The quantitative estimate of drug-likeness (QED) is 0.287. The van der Waals surface area contributed by atoms with Crippen molar-refractivity contribution >= 4 is 11.2 Å². The number of hydrogen-bond acceptors (Lipinski definition) is 4. The summed E-state index contributed by atoms with van der Waals surface area (Å²) in [5, 5.41) is 8.58. The number of nitrogens with one attached hydrogen (secondary N) is 1. The van der Waals surface area contributed by atoms with E-state index in [2.05, 4.69) is 23.8 Å². The molecule has 0 saturated carbocycles. The Bertz CT molecular complexity index is 1750. The number of rotatable bonds is 5. The SMILES string of the molecule is CC(C)c1ccccc1-c1ncc2c(n1)n(Cc1cc(F)c(-c3nc(C(F)(F)F)cn3C)c(F)c1)c(=N)n2C. The van der Waals surface area contributed by atoms with Gasteiger partial charge in [-0.25, -0.2) is 23.7 Å². The number of alkyl halides is 3. The van der Waals surface area contributed by atoms with Crippen molar-refractivity contribution in [3.05, 3.63) is 82.9 Å². The molecule has 0 amide bonds. The van der Waals surface area contributed by atoms with Crippen LogP contribution in [-0.2, 0) is 26.8 Å². The minimum Gasteiger partial charge on any atom is -0.333 e. The van der Waals surface area contributed by atoms with Crippen LogP contribution in [0.25, 0.3) is 33.9 Å². The van der Waals surface area contributed by atoms with Gasteiger partial charge in [-0.15, -0.1) is 0 Å². The van der Waals surface area contributed by atoms with Crippen LogP contribution < -0.4 is 5.62 Å². The molecule has 0 aliphatic rings. The molecule has 0 bridgehead atoms. The van der Waals surface area contributed by atoms with E-state index in [0.717, 1.165) is 27.8 Å². The highest BCUT2D eigenvalue weighted by Gasteiger charge is 2.35. The largest absolute Gasteiger partial charge is 0.434 e. The number of nitrogens with zero attached hydrogens (tertiary/aromatic N) is 6. The van der Waals surface area contributed by atoms with Gasteiger partial charge in [-0.3, -0.25) is 9.98 Å². The smallest absolute Gasteiger partial charge is 0.333 e. The lowest BCUT2D eigenvalue weighted by Gasteiger charge is -2.12. The van der Waals surface area contributed by atoms with Crippen LogP contribution in [0, 0.1) is 17.0 Å². The molecule has 12 heteroatoms. The maximum atomic E-state index is 15.1. The first kappa shape index (κ1) is 26.3. The number of hydrogen-bond donors (Lipinski definition) is 1. The molecule has 202 valence electrons. The Hall–Kier alpha value is -4.35. The summed E-state index contributed by atoms with van der Waals surface area (Å²) in [4.78, 5) is 12.6. The molecule has 5 rings (SSSR count). The van der Waals surface area contributed by atoms with Gasteiger partial charge in [0.05, 0.1) is 18.3 Å². The second-order valence-corrected chi connectivity index (χ2v) is 9.61. The summed E-state index contributed by atoms with van der Waals surface area (Å²) in [5.74, 6) is -1.95. The molecule has 3 aromatic heterocycles. The van der Waals surface area contributed by atoms with Gasteiger partial charge in [-0.05, 0) is 29.2 Å². The van der Waals surface area contributed by atoms with Crippen LogP contribution in [0.4, 0.5) is 22.0 Å². The fourth-order valence-corrected chi connectivity index (χ4v) is 4.63. The molecule has 0 aliphatic heterocycles. The van der Waals surface area contributed by atoms with E-state index >= 15 is 8.78 Å². The molecule has 39 heavy (non-hydrogen) atoms. The Morgan fingerprint density at radius 1 is 1.00 bits per heavy atom. The summed E-state index contributed by atoms with van der Waals surface area (Å²) in [6.07, 6.45) is -2.48. The second kappa shape index (κ2) is 9.44. The van der Waals surface area contributed by atoms with Gasteiger partial charge in [-0.1, -0.05) is 38.1 Å². The minimum absolute atomic E-state index is 0.0254. The Kier molecular flexibility index (Phi) is 6.36. The first-order valence-electron chi connectivity index (χ1n) is 12.0. The van der Waals surface area contributed by atoms with Gasteiger partial charge in [-0.2, -0.15) is 13.2 Å². The molecule has 5 aromatic rings. The van der Waals surface area contributed by atoms with E-state index in [-0.39, 0.29) is 23.6 Å². The standard InChI is InChI=1S/C27H24F5N7/c1-14(2)16-7-5-6-8-17(16)23-34-11-20-24(36-23)39(26(33)38(20)4)12-15-9-18(28)22(19(29)10-15)25-35-21(13-37(25)3)27(30,31)32/h5-11,13-14,33H,12H2,1-4H3. The number of aromatic nitrogens is 6. The van der Waals surface area contributed by atoms with Crippen LogP contribution >= 0.6 is 0 Å². The van der Waals surface area contributed by atoms with Gasteiger partial charge < -0.3 is 9.13 Å². The summed E-state index contributed by atoms with van der Waals surface area (Å²) < 4.78 is 73.5. The molecule has 1 N–H and O–H groups in total. The number of imidazole rings is 2. The first-order chi connectivity index (χ1) is 18.4. The van der Waals surface area contributed by atoms with Crippen molar-refractivity contribution in [3.63, 3.8) is 0 Å². The average molecular weight is 542 g/mol. The molecule has 0 saturated heterocycles. The van der Waals surface area contributed by atoms with Gasteiger partial charge in [0.1, 0.15) is 23.0 Å². The Morgan fingerprint density at radius 3 is 2.28 bits per heavy atom. The Labute approximate surface area is 219 Å². The summed E-state index contributed by atoms with van der Waals surface area (Å²) in [7, 11) is 2.90. The topological polar surface area (TPSA) is 77.3 Å². The lowest BCUT2D eigenvalue weighted by atomic mass is 9.97. The molecule has 0 atom stereocenters. The normalized spacial score (nSPS) is 12.2. The average Bonchev–Trinajstić information content (AvgIpc) is 3.37.